The van der Waals surface area contributed by atoms with Gasteiger partial charge in [0.2, 0.25) is 0 Å². The number of nitrogen functional groups attached to an aromatic ring is 1. The standard InChI is InChI=1S/C20H20N4O2/c21-19-18(22-12-13-23-19)20(25)24-11-10-15-6-8-17(9-7-15)26-14-16-4-2-1-3-5-16/h1-9,12-13H,10-11,14H2,(H2,21,23)(H,24,25). The van der Waals surface area contributed by atoms with Crippen LogP contribution in [0.25, 0.3) is 0 Å². The largest absolute Gasteiger partial charge is 0.489 e. The van der Waals surface area contributed by atoms with Crippen molar-refractivity contribution in [2.75, 3.05) is 12.3 Å². The summed E-state index contributed by atoms with van der Waals surface area (Å²) in [6.07, 6.45) is 3.60. The predicted octanol–water partition coefficient (Wildman–Crippen LogP) is 2.61. The van der Waals surface area contributed by atoms with Crippen LogP contribution in [-0.2, 0) is 13.0 Å². The monoisotopic (exact) mass is 348 g/mol. The van der Waals surface area contributed by atoms with Crippen molar-refractivity contribution >= 4 is 11.7 Å². The fourth-order valence-electron chi connectivity index (χ4n) is 2.42. The van der Waals surface area contributed by atoms with E-state index in [9.17, 15) is 4.79 Å². The molecule has 0 saturated carbocycles. The number of nitrogens with two attached hydrogens (primary N) is 1. The lowest BCUT2D eigenvalue weighted by Gasteiger charge is -2.08. The zero-order chi connectivity index (χ0) is 18.2. The van der Waals surface area contributed by atoms with Crippen LogP contribution in [0.15, 0.2) is 67.0 Å². The molecule has 0 spiro atoms. The van der Waals surface area contributed by atoms with Gasteiger partial charge in [-0.25, -0.2) is 9.97 Å². The molecular formula is C20H20N4O2. The summed E-state index contributed by atoms with van der Waals surface area (Å²) >= 11 is 0. The number of nitrogens with zero attached hydrogens (tertiary/aromatic N) is 2. The average Bonchev–Trinajstić information content (AvgIpc) is 2.68. The second-order valence-corrected chi connectivity index (χ2v) is 5.71. The van der Waals surface area contributed by atoms with Crippen LogP contribution < -0.4 is 15.8 Å². The minimum Gasteiger partial charge on any atom is -0.489 e. The van der Waals surface area contributed by atoms with Gasteiger partial charge >= 0.3 is 0 Å². The van der Waals surface area contributed by atoms with Gasteiger partial charge in [-0.2, -0.15) is 0 Å². The van der Waals surface area contributed by atoms with Gasteiger partial charge in [0.25, 0.3) is 5.91 Å². The number of amides is 1. The maximum absolute atomic E-state index is 12.0. The first kappa shape index (κ1) is 17.4. The van der Waals surface area contributed by atoms with Gasteiger partial charge in [-0.05, 0) is 29.7 Å². The molecule has 0 unspecified atom stereocenters. The SMILES string of the molecule is Nc1nccnc1C(=O)NCCc1ccc(OCc2ccccc2)cc1. The molecule has 132 valence electrons. The number of nitrogens with one attached hydrogen (secondary N) is 1. The molecule has 0 bridgehead atoms. The second kappa shape index (κ2) is 8.62. The molecule has 0 fully saturated rings. The van der Waals surface area contributed by atoms with Gasteiger partial charge in [-0.1, -0.05) is 42.5 Å². The van der Waals surface area contributed by atoms with E-state index in [2.05, 4.69) is 15.3 Å². The van der Waals surface area contributed by atoms with Crippen molar-refractivity contribution in [1.29, 1.82) is 0 Å². The highest BCUT2D eigenvalue weighted by Crippen LogP contribution is 2.14. The van der Waals surface area contributed by atoms with E-state index >= 15 is 0 Å². The van der Waals surface area contributed by atoms with Crippen LogP contribution in [0.5, 0.6) is 5.75 Å². The quantitative estimate of drug-likeness (QED) is 0.685. The fraction of sp³-hybridized carbons (Fsp3) is 0.150. The van der Waals surface area contributed by atoms with Crippen molar-refractivity contribution in [3.05, 3.63) is 83.8 Å². The van der Waals surface area contributed by atoms with Crippen LogP contribution in [0.1, 0.15) is 21.6 Å². The molecule has 1 heterocycles. The summed E-state index contributed by atoms with van der Waals surface area (Å²) in [6.45, 7) is 1.02. The lowest BCUT2D eigenvalue weighted by molar-refractivity contribution is 0.0950. The Labute approximate surface area is 152 Å². The third kappa shape index (κ3) is 4.80. The molecule has 2 aromatic carbocycles. The Morgan fingerprint density at radius 1 is 0.962 bits per heavy atom. The molecule has 0 saturated heterocycles. The van der Waals surface area contributed by atoms with E-state index in [4.69, 9.17) is 10.5 Å². The predicted molar refractivity (Wildman–Crippen MR) is 99.7 cm³/mol. The first-order chi connectivity index (χ1) is 12.7. The first-order valence-electron chi connectivity index (χ1n) is 8.33. The molecular weight excluding hydrogens is 328 g/mol. The fourth-order valence-corrected chi connectivity index (χ4v) is 2.42. The highest BCUT2D eigenvalue weighted by molar-refractivity contribution is 5.96. The van der Waals surface area contributed by atoms with E-state index in [1.165, 1.54) is 12.4 Å². The van der Waals surface area contributed by atoms with Gasteiger partial charge in [0, 0.05) is 18.9 Å². The highest BCUT2D eigenvalue weighted by atomic mass is 16.5. The summed E-state index contributed by atoms with van der Waals surface area (Å²) < 4.78 is 5.76. The molecule has 0 aliphatic carbocycles. The van der Waals surface area contributed by atoms with Crippen molar-refractivity contribution in [1.82, 2.24) is 15.3 Å². The Bertz CT molecular complexity index is 851. The zero-order valence-corrected chi connectivity index (χ0v) is 14.3. The van der Waals surface area contributed by atoms with E-state index in [0.29, 0.717) is 19.6 Å². The van der Waals surface area contributed by atoms with Crippen LogP contribution >= 0.6 is 0 Å². The number of rotatable bonds is 7. The summed E-state index contributed by atoms with van der Waals surface area (Å²) in [6, 6.07) is 17.9. The number of carbonyl (C=O) groups is 1. The van der Waals surface area contributed by atoms with E-state index in [0.717, 1.165) is 16.9 Å². The number of hydrogen-bond donors (Lipinski definition) is 2. The number of aromatic nitrogens is 2. The minimum atomic E-state index is -0.321. The molecule has 6 nitrogen and oxygen atoms in total. The topological polar surface area (TPSA) is 90.1 Å². The van der Waals surface area contributed by atoms with Gasteiger partial charge < -0.3 is 15.8 Å². The molecule has 0 radical (unpaired) electrons. The van der Waals surface area contributed by atoms with E-state index in [1.54, 1.807) is 0 Å². The zero-order valence-electron chi connectivity index (χ0n) is 14.3. The molecule has 6 heteroatoms. The van der Waals surface area contributed by atoms with E-state index < -0.39 is 0 Å². The molecule has 0 atom stereocenters. The normalized spacial score (nSPS) is 10.3. The molecule has 1 amide bonds. The van der Waals surface area contributed by atoms with Crippen LogP contribution in [0.2, 0.25) is 0 Å². The number of benzene rings is 2. The van der Waals surface area contributed by atoms with E-state index in [1.807, 2.05) is 54.6 Å². The Kier molecular flexibility index (Phi) is 5.77. The minimum absolute atomic E-state index is 0.130. The highest BCUT2D eigenvalue weighted by Gasteiger charge is 2.10. The smallest absolute Gasteiger partial charge is 0.273 e. The van der Waals surface area contributed by atoms with Crippen molar-refractivity contribution in [3.8, 4) is 5.75 Å². The Balaban J connectivity index is 1.46. The Morgan fingerprint density at radius 3 is 2.42 bits per heavy atom. The van der Waals surface area contributed by atoms with Crippen LogP contribution in [0, 0.1) is 0 Å². The van der Waals surface area contributed by atoms with Gasteiger partial charge in [0.05, 0.1) is 0 Å². The van der Waals surface area contributed by atoms with Gasteiger partial charge in [0.1, 0.15) is 12.4 Å². The van der Waals surface area contributed by atoms with Gasteiger partial charge in [0.15, 0.2) is 11.5 Å². The van der Waals surface area contributed by atoms with Crippen LogP contribution in [-0.4, -0.2) is 22.4 Å². The number of carbonyl (C=O) groups excluding carboxylic acids is 1. The van der Waals surface area contributed by atoms with Gasteiger partial charge in [-0.15, -0.1) is 0 Å². The van der Waals surface area contributed by atoms with Crippen LogP contribution in [0.4, 0.5) is 5.82 Å². The lowest BCUT2D eigenvalue weighted by atomic mass is 10.1. The summed E-state index contributed by atoms with van der Waals surface area (Å²) in [5.41, 5.74) is 8.02. The molecule has 3 aromatic rings. The Hall–Kier alpha value is -3.41. The summed E-state index contributed by atoms with van der Waals surface area (Å²) in [5.74, 6) is 0.623. The second-order valence-electron chi connectivity index (χ2n) is 5.71. The maximum atomic E-state index is 12.0. The van der Waals surface area contributed by atoms with Gasteiger partial charge in [-0.3, -0.25) is 4.79 Å². The number of hydrogen-bond acceptors (Lipinski definition) is 5. The molecule has 3 N–H and O–H groups in total. The molecule has 0 aliphatic heterocycles. The third-order valence-electron chi connectivity index (χ3n) is 3.81. The molecule has 1 aromatic heterocycles. The molecule has 26 heavy (non-hydrogen) atoms. The average molecular weight is 348 g/mol. The third-order valence-corrected chi connectivity index (χ3v) is 3.81. The molecule has 3 rings (SSSR count). The number of anilines is 1. The summed E-state index contributed by atoms with van der Waals surface area (Å²) in [5, 5.41) is 2.80. The summed E-state index contributed by atoms with van der Waals surface area (Å²) in [7, 11) is 0. The van der Waals surface area contributed by atoms with Crippen molar-refractivity contribution in [2.24, 2.45) is 0 Å². The number of ether oxygens (including phenoxy) is 1. The van der Waals surface area contributed by atoms with Crippen molar-refractivity contribution < 1.29 is 9.53 Å². The van der Waals surface area contributed by atoms with Crippen molar-refractivity contribution in [2.45, 2.75) is 13.0 Å². The Morgan fingerprint density at radius 2 is 1.69 bits per heavy atom. The van der Waals surface area contributed by atoms with Crippen LogP contribution in [0.3, 0.4) is 0 Å². The lowest BCUT2D eigenvalue weighted by Crippen LogP contribution is -2.27. The maximum Gasteiger partial charge on any atom is 0.273 e. The van der Waals surface area contributed by atoms with E-state index in [-0.39, 0.29) is 17.4 Å². The molecule has 0 aliphatic rings. The first-order valence-corrected chi connectivity index (χ1v) is 8.33. The summed E-state index contributed by atoms with van der Waals surface area (Å²) in [4.78, 5) is 19.8. The van der Waals surface area contributed by atoms with Crippen molar-refractivity contribution in [3.63, 3.8) is 0 Å².